The fourth-order valence-corrected chi connectivity index (χ4v) is 1.02. The molecule has 0 unspecified atom stereocenters. The Morgan fingerprint density at radius 2 is 2.07 bits per heavy atom. The quantitative estimate of drug-likeness (QED) is 0.668. The van der Waals surface area contributed by atoms with Crippen LogP contribution >= 0.6 is 0 Å². The molecule has 2 N–H and O–H groups in total. The van der Waals surface area contributed by atoms with E-state index in [4.69, 9.17) is 12.3 Å². The number of pyridine rings is 1. The second-order valence-electron chi connectivity index (χ2n) is 2.54. The summed E-state index contributed by atoms with van der Waals surface area (Å²) in [4.78, 5) is 8.57. The first-order valence-electron chi connectivity index (χ1n) is 3.81. The average Bonchev–Trinajstić information content (AvgIpc) is 2.70. The van der Waals surface area contributed by atoms with Gasteiger partial charge in [-0.2, -0.15) is 10.2 Å². The van der Waals surface area contributed by atoms with Crippen LogP contribution in [-0.2, 0) is 0 Å². The van der Waals surface area contributed by atoms with Crippen molar-refractivity contribution >= 4 is 11.4 Å². The Kier molecular flexibility index (Phi) is 1.84. The van der Waals surface area contributed by atoms with Crippen molar-refractivity contribution in [1.29, 1.82) is 0 Å². The van der Waals surface area contributed by atoms with Gasteiger partial charge in [0.25, 0.3) is 0 Å². The predicted octanol–water partition coefficient (Wildman–Crippen LogP) is 0.795. The van der Waals surface area contributed by atoms with E-state index in [0.29, 0.717) is 17.2 Å². The summed E-state index contributed by atoms with van der Waals surface area (Å²) in [5.41, 5.74) is 6.29. The van der Waals surface area contributed by atoms with E-state index in [-0.39, 0.29) is 0 Å². The minimum atomic E-state index is 0.334. The standard InChI is InChI=1S/C8H6N6/c1-10-7-4-6(9)5-11-8(7)14-12-2-3-13-14/h2-5H,9H2. The molecule has 0 saturated carbocycles. The molecule has 0 aliphatic carbocycles. The molecule has 0 fully saturated rings. The van der Waals surface area contributed by atoms with Crippen LogP contribution in [-0.4, -0.2) is 20.0 Å². The van der Waals surface area contributed by atoms with E-state index in [1.807, 2.05) is 0 Å². The molecular formula is C8H6N6. The SMILES string of the molecule is [C-]#[N+]c1cc(N)cnc1-n1nccn1. The number of rotatable bonds is 1. The zero-order chi connectivity index (χ0) is 9.97. The highest BCUT2D eigenvalue weighted by Crippen LogP contribution is 2.21. The summed E-state index contributed by atoms with van der Waals surface area (Å²) in [6, 6.07) is 1.54. The van der Waals surface area contributed by atoms with Crippen molar-refractivity contribution in [2.45, 2.75) is 0 Å². The third-order valence-electron chi connectivity index (χ3n) is 1.60. The number of anilines is 1. The van der Waals surface area contributed by atoms with E-state index in [0.717, 1.165) is 0 Å². The van der Waals surface area contributed by atoms with Crippen molar-refractivity contribution in [3.63, 3.8) is 0 Å². The average molecular weight is 186 g/mol. The fraction of sp³-hybridized carbons (Fsp3) is 0. The van der Waals surface area contributed by atoms with Gasteiger partial charge in [-0.05, 0) is 6.07 Å². The van der Waals surface area contributed by atoms with E-state index < -0.39 is 0 Å². The van der Waals surface area contributed by atoms with Gasteiger partial charge in [0.15, 0.2) is 5.82 Å². The van der Waals surface area contributed by atoms with Gasteiger partial charge in [0.1, 0.15) is 0 Å². The Bertz CT molecular complexity index is 481. The summed E-state index contributed by atoms with van der Waals surface area (Å²) in [5, 5.41) is 7.77. The summed E-state index contributed by atoms with van der Waals surface area (Å²) in [6.07, 6.45) is 4.50. The van der Waals surface area contributed by atoms with Crippen molar-refractivity contribution < 1.29 is 0 Å². The monoisotopic (exact) mass is 186 g/mol. The van der Waals surface area contributed by atoms with Crippen LogP contribution in [0.25, 0.3) is 10.7 Å². The Balaban J connectivity index is 2.60. The number of aromatic nitrogens is 4. The number of nitrogens with zero attached hydrogens (tertiary/aromatic N) is 5. The molecule has 6 nitrogen and oxygen atoms in total. The molecule has 0 aliphatic heterocycles. The first-order valence-corrected chi connectivity index (χ1v) is 3.81. The van der Waals surface area contributed by atoms with Gasteiger partial charge in [-0.15, -0.1) is 4.80 Å². The third kappa shape index (κ3) is 1.27. The largest absolute Gasteiger partial charge is 0.399 e. The summed E-state index contributed by atoms with van der Waals surface area (Å²) in [6.45, 7) is 6.94. The van der Waals surface area contributed by atoms with Crippen LogP contribution in [0.1, 0.15) is 0 Å². The van der Waals surface area contributed by atoms with Crippen LogP contribution in [0, 0.1) is 6.57 Å². The Hall–Kier alpha value is -2.42. The number of nitrogen functional groups attached to an aromatic ring is 1. The zero-order valence-corrected chi connectivity index (χ0v) is 7.12. The van der Waals surface area contributed by atoms with Crippen molar-refractivity contribution in [2.75, 3.05) is 5.73 Å². The summed E-state index contributed by atoms with van der Waals surface area (Å²) in [5.74, 6) is 0.388. The molecule has 2 heterocycles. The van der Waals surface area contributed by atoms with E-state index in [9.17, 15) is 0 Å². The minimum absolute atomic E-state index is 0.334. The maximum Gasteiger partial charge on any atom is 0.234 e. The van der Waals surface area contributed by atoms with Crippen molar-refractivity contribution in [2.24, 2.45) is 0 Å². The van der Waals surface area contributed by atoms with Crippen molar-refractivity contribution in [1.82, 2.24) is 20.0 Å². The fourth-order valence-electron chi connectivity index (χ4n) is 1.02. The normalized spacial score (nSPS) is 9.64. The maximum atomic E-state index is 6.94. The highest BCUT2D eigenvalue weighted by molar-refractivity contribution is 5.62. The first kappa shape index (κ1) is 8.19. The first-order chi connectivity index (χ1) is 6.81. The molecule has 0 amide bonds. The molecule has 14 heavy (non-hydrogen) atoms. The summed E-state index contributed by atoms with van der Waals surface area (Å²) < 4.78 is 0. The van der Waals surface area contributed by atoms with Crippen LogP contribution in [0.2, 0.25) is 0 Å². The zero-order valence-electron chi connectivity index (χ0n) is 7.12. The molecule has 0 atom stereocenters. The highest BCUT2D eigenvalue weighted by atomic mass is 15.5. The van der Waals surface area contributed by atoms with Crippen LogP contribution in [0.4, 0.5) is 11.4 Å². The van der Waals surface area contributed by atoms with Crippen LogP contribution in [0.5, 0.6) is 0 Å². The summed E-state index contributed by atoms with van der Waals surface area (Å²) in [7, 11) is 0. The van der Waals surface area contributed by atoms with Gasteiger partial charge in [0.2, 0.25) is 5.69 Å². The lowest BCUT2D eigenvalue weighted by atomic mass is 10.3. The molecule has 6 heteroatoms. The lowest BCUT2D eigenvalue weighted by Gasteiger charge is -2.01. The smallest absolute Gasteiger partial charge is 0.234 e. The second-order valence-corrected chi connectivity index (χ2v) is 2.54. The maximum absolute atomic E-state index is 6.94. The van der Waals surface area contributed by atoms with E-state index in [1.54, 1.807) is 6.07 Å². The third-order valence-corrected chi connectivity index (χ3v) is 1.60. The van der Waals surface area contributed by atoms with Crippen LogP contribution in [0.3, 0.4) is 0 Å². The van der Waals surface area contributed by atoms with Crippen LogP contribution in [0.15, 0.2) is 24.7 Å². The Morgan fingerprint density at radius 1 is 1.36 bits per heavy atom. The van der Waals surface area contributed by atoms with E-state index in [1.165, 1.54) is 23.4 Å². The highest BCUT2D eigenvalue weighted by Gasteiger charge is 2.07. The van der Waals surface area contributed by atoms with Crippen LogP contribution < -0.4 is 5.73 Å². The van der Waals surface area contributed by atoms with Gasteiger partial charge >= 0.3 is 0 Å². The topological polar surface area (TPSA) is 74.0 Å². The van der Waals surface area contributed by atoms with E-state index in [2.05, 4.69) is 20.0 Å². The lowest BCUT2D eigenvalue weighted by molar-refractivity contribution is 0.732. The molecule has 0 saturated heterocycles. The van der Waals surface area contributed by atoms with Crippen molar-refractivity contribution in [3.8, 4) is 5.82 Å². The van der Waals surface area contributed by atoms with Gasteiger partial charge in [0.05, 0.1) is 19.0 Å². The molecule has 68 valence electrons. The van der Waals surface area contributed by atoms with Gasteiger partial charge < -0.3 is 5.73 Å². The molecule has 2 aromatic heterocycles. The van der Waals surface area contributed by atoms with Gasteiger partial charge in [-0.25, -0.2) is 9.83 Å². The van der Waals surface area contributed by atoms with Gasteiger partial charge in [-0.3, -0.25) is 0 Å². The molecule has 0 radical (unpaired) electrons. The molecule has 0 bridgehead atoms. The minimum Gasteiger partial charge on any atom is -0.399 e. The predicted molar refractivity (Wildman–Crippen MR) is 49.8 cm³/mol. The molecule has 2 rings (SSSR count). The lowest BCUT2D eigenvalue weighted by Crippen LogP contribution is -2.02. The van der Waals surface area contributed by atoms with Crippen molar-refractivity contribution in [3.05, 3.63) is 36.1 Å². The Morgan fingerprint density at radius 3 is 2.71 bits per heavy atom. The van der Waals surface area contributed by atoms with E-state index >= 15 is 0 Å². The van der Waals surface area contributed by atoms with Gasteiger partial charge in [-0.1, -0.05) is 0 Å². The van der Waals surface area contributed by atoms with Gasteiger partial charge in [0, 0.05) is 11.9 Å². The Labute approximate surface area is 79.8 Å². The molecule has 0 aliphatic rings. The molecular weight excluding hydrogens is 180 g/mol. The second kappa shape index (κ2) is 3.14. The number of nitrogens with two attached hydrogens (primary N) is 1. The molecule has 2 aromatic rings. The molecule has 0 spiro atoms. The molecule has 0 aromatic carbocycles. The number of hydrogen-bond donors (Lipinski definition) is 1. The number of hydrogen-bond acceptors (Lipinski definition) is 4. The summed E-state index contributed by atoms with van der Waals surface area (Å²) >= 11 is 0.